The van der Waals surface area contributed by atoms with Crippen LogP contribution in [0.25, 0.3) is 11.1 Å². The van der Waals surface area contributed by atoms with E-state index >= 15 is 0 Å². The summed E-state index contributed by atoms with van der Waals surface area (Å²) in [7, 11) is -2.79. The number of phosphoric ester groups is 1. The Balaban J connectivity index is 1.97. The molecule has 0 amide bonds. The summed E-state index contributed by atoms with van der Waals surface area (Å²) in [6.07, 6.45) is 0. The fraction of sp³-hybridized carbons (Fsp3) is 0.200. The normalized spacial score (nSPS) is 16.5. The minimum atomic E-state index is -3.95. The van der Waals surface area contributed by atoms with E-state index < -0.39 is 7.82 Å². The predicted octanol–water partition coefficient (Wildman–Crippen LogP) is 3.56. The van der Waals surface area contributed by atoms with Crippen molar-refractivity contribution in [1.29, 1.82) is 0 Å². The first kappa shape index (κ1) is 13.5. The van der Waals surface area contributed by atoms with Gasteiger partial charge in [-0.2, -0.15) is 0 Å². The number of benzene rings is 2. The van der Waals surface area contributed by atoms with Crippen LogP contribution in [-0.4, -0.2) is 18.6 Å². The second-order valence-corrected chi connectivity index (χ2v) is 6.23. The SMILES string of the molecule is COP(=O)(O)OCC1c2ccccc2-c2ccccc21. The van der Waals surface area contributed by atoms with Gasteiger partial charge in [0.15, 0.2) is 0 Å². The molecule has 104 valence electrons. The number of hydrogen-bond acceptors (Lipinski definition) is 3. The van der Waals surface area contributed by atoms with Crippen LogP contribution in [0.3, 0.4) is 0 Å². The smallest absolute Gasteiger partial charge is 0.303 e. The number of rotatable bonds is 4. The van der Waals surface area contributed by atoms with E-state index in [2.05, 4.69) is 16.7 Å². The minimum absolute atomic E-state index is 0.0435. The molecule has 0 saturated carbocycles. The molecule has 0 aromatic heterocycles. The molecular formula is C15H15O4P. The van der Waals surface area contributed by atoms with Crippen molar-refractivity contribution >= 4 is 7.82 Å². The number of hydrogen-bond donors (Lipinski definition) is 1. The summed E-state index contributed by atoms with van der Waals surface area (Å²) < 4.78 is 21.0. The molecular weight excluding hydrogens is 275 g/mol. The maximum atomic E-state index is 11.5. The van der Waals surface area contributed by atoms with E-state index in [1.54, 1.807) is 0 Å². The molecule has 0 saturated heterocycles. The third-order valence-corrected chi connectivity index (χ3v) is 4.53. The van der Waals surface area contributed by atoms with Crippen molar-refractivity contribution in [3.05, 3.63) is 59.7 Å². The molecule has 1 aliphatic carbocycles. The van der Waals surface area contributed by atoms with E-state index in [-0.39, 0.29) is 12.5 Å². The fourth-order valence-electron chi connectivity index (χ4n) is 2.66. The average Bonchev–Trinajstić information content (AvgIpc) is 2.80. The number of fused-ring (bicyclic) bond motifs is 3. The van der Waals surface area contributed by atoms with Crippen LogP contribution in [0.4, 0.5) is 0 Å². The highest BCUT2D eigenvalue weighted by Crippen LogP contribution is 2.48. The van der Waals surface area contributed by atoms with Gasteiger partial charge in [0.2, 0.25) is 0 Å². The van der Waals surface area contributed by atoms with E-state index in [1.807, 2.05) is 36.4 Å². The van der Waals surface area contributed by atoms with Crippen LogP contribution < -0.4 is 0 Å². The first-order valence-electron chi connectivity index (χ1n) is 6.33. The van der Waals surface area contributed by atoms with Gasteiger partial charge < -0.3 is 4.89 Å². The van der Waals surface area contributed by atoms with Crippen LogP contribution in [0, 0.1) is 0 Å². The Kier molecular flexibility index (Phi) is 3.48. The summed E-state index contributed by atoms with van der Waals surface area (Å²) in [6, 6.07) is 16.1. The quantitative estimate of drug-likeness (QED) is 0.875. The van der Waals surface area contributed by atoms with Crippen LogP contribution in [-0.2, 0) is 13.6 Å². The van der Waals surface area contributed by atoms with Gasteiger partial charge in [-0.25, -0.2) is 4.57 Å². The van der Waals surface area contributed by atoms with E-state index in [0.29, 0.717) is 0 Å². The van der Waals surface area contributed by atoms with E-state index in [0.717, 1.165) is 29.4 Å². The molecule has 1 N–H and O–H groups in total. The maximum Gasteiger partial charge on any atom is 0.471 e. The van der Waals surface area contributed by atoms with Crippen LogP contribution >= 0.6 is 7.82 Å². The molecule has 0 fully saturated rings. The van der Waals surface area contributed by atoms with Crippen molar-refractivity contribution in [2.75, 3.05) is 13.7 Å². The van der Waals surface area contributed by atoms with Gasteiger partial charge >= 0.3 is 7.82 Å². The highest BCUT2D eigenvalue weighted by molar-refractivity contribution is 7.47. The monoisotopic (exact) mass is 290 g/mol. The summed E-state index contributed by atoms with van der Waals surface area (Å²) in [6.45, 7) is 0.121. The lowest BCUT2D eigenvalue weighted by molar-refractivity contribution is 0.169. The van der Waals surface area contributed by atoms with E-state index in [4.69, 9.17) is 4.52 Å². The van der Waals surface area contributed by atoms with Crippen LogP contribution in [0.5, 0.6) is 0 Å². The van der Waals surface area contributed by atoms with Crippen LogP contribution in [0.2, 0.25) is 0 Å². The average molecular weight is 290 g/mol. The Morgan fingerprint density at radius 3 is 2.05 bits per heavy atom. The van der Waals surface area contributed by atoms with Crippen LogP contribution in [0.15, 0.2) is 48.5 Å². The zero-order valence-corrected chi connectivity index (χ0v) is 11.9. The molecule has 0 aliphatic heterocycles. The van der Waals surface area contributed by atoms with Gasteiger partial charge in [-0.15, -0.1) is 0 Å². The van der Waals surface area contributed by atoms with Crippen molar-refractivity contribution in [2.45, 2.75) is 5.92 Å². The van der Waals surface area contributed by atoms with Crippen molar-refractivity contribution in [1.82, 2.24) is 0 Å². The fourth-order valence-corrected chi connectivity index (χ4v) is 3.10. The maximum absolute atomic E-state index is 11.5. The molecule has 4 nitrogen and oxygen atoms in total. The van der Waals surface area contributed by atoms with Gasteiger partial charge in [-0.05, 0) is 22.3 Å². The van der Waals surface area contributed by atoms with Crippen molar-refractivity contribution in [3.63, 3.8) is 0 Å². The minimum Gasteiger partial charge on any atom is -0.303 e. The summed E-state index contributed by atoms with van der Waals surface area (Å²) in [5, 5.41) is 0. The molecule has 3 rings (SSSR count). The topological polar surface area (TPSA) is 55.8 Å². The second-order valence-electron chi connectivity index (χ2n) is 4.67. The van der Waals surface area contributed by atoms with Crippen molar-refractivity contribution in [2.24, 2.45) is 0 Å². The van der Waals surface area contributed by atoms with Gasteiger partial charge in [0.1, 0.15) is 0 Å². The first-order chi connectivity index (χ1) is 9.62. The molecule has 20 heavy (non-hydrogen) atoms. The molecule has 0 spiro atoms. The molecule has 2 aromatic rings. The lowest BCUT2D eigenvalue weighted by Crippen LogP contribution is -2.06. The second kappa shape index (κ2) is 5.15. The molecule has 1 atom stereocenters. The summed E-state index contributed by atoms with van der Waals surface area (Å²) in [4.78, 5) is 9.39. The zero-order chi connectivity index (χ0) is 14.2. The summed E-state index contributed by atoms with van der Waals surface area (Å²) >= 11 is 0. The molecule has 0 heterocycles. The standard InChI is InChI=1S/C15H15O4P/c1-18-20(16,17)19-10-15-13-8-4-2-6-11(13)12-7-3-5-9-14(12)15/h2-9,15H,10H2,1H3,(H,16,17). The van der Waals surface area contributed by atoms with E-state index in [9.17, 15) is 9.46 Å². The Bertz CT molecular complexity index is 638. The molecule has 1 aliphatic rings. The highest BCUT2D eigenvalue weighted by atomic mass is 31.2. The van der Waals surface area contributed by atoms with Gasteiger partial charge in [0.25, 0.3) is 0 Å². The van der Waals surface area contributed by atoms with Crippen molar-refractivity contribution in [3.8, 4) is 11.1 Å². The highest BCUT2D eigenvalue weighted by Gasteiger charge is 2.30. The molecule has 2 aromatic carbocycles. The molecule has 5 heteroatoms. The Morgan fingerprint density at radius 1 is 1.05 bits per heavy atom. The number of phosphoric acid groups is 1. The van der Waals surface area contributed by atoms with Crippen LogP contribution in [0.1, 0.15) is 17.0 Å². The first-order valence-corrected chi connectivity index (χ1v) is 7.83. The third-order valence-electron chi connectivity index (χ3n) is 3.60. The zero-order valence-electron chi connectivity index (χ0n) is 11.0. The lowest BCUT2D eigenvalue weighted by Gasteiger charge is -2.15. The molecule has 1 unspecified atom stereocenters. The van der Waals surface area contributed by atoms with Gasteiger partial charge in [-0.3, -0.25) is 9.05 Å². The largest absolute Gasteiger partial charge is 0.471 e. The lowest BCUT2D eigenvalue weighted by atomic mass is 9.98. The van der Waals surface area contributed by atoms with Crippen molar-refractivity contribution < 1.29 is 18.5 Å². The van der Waals surface area contributed by atoms with Gasteiger partial charge in [-0.1, -0.05) is 48.5 Å². The third kappa shape index (κ3) is 2.32. The Hall–Kier alpha value is -1.45. The Morgan fingerprint density at radius 2 is 1.55 bits per heavy atom. The predicted molar refractivity (Wildman–Crippen MR) is 76.5 cm³/mol. The van der Waals surface area contributed by atoms with E-state index in [1.165, 1.54) is 0 Å². The Labute approximate surface area is 117 Å². The summed E-state index contributed by atoms with van der Waals surface area (Å²) in [5.74, 6) is -0.0435. The molecule has 0 radical (unpaired) electrons. The van der Waals surface area contributed by atoms with Gasteiger partial charge in [0.05, 0.1) is 6.61 Å². The summed E-state index contributed by atoms with van der Waals surface area (Å²) in [5.41, 5.74) is 4.54. The molecule has 0 bridgehead atoms. The van der Waals surface area contributed by atoms with Gasteiger partial charge in [0, 0.05) is 13.0 Å².